The van der Waals surface area contributed by atoms with E-state index >= 15 is 0 Å². The lowest BCUT2D eigenvalue weighted by atomic mass is 10.1. The highest BCUT2D eigenvalue weighted by atomic mass is 19.3. The van der Waals surface area contributed by atoms with Crippen molar-refractivity contribution < 1.29 is 22.7 Å². The number of benzene rings is 1. The normalized spacial score (nSPS) is 20.2. The summed E-state index contributed by atoms with van der Waals surface area (Å²) in [6.45, 7) is 0.413. The van der Waals surface area contributed by atoms with Crippen LogP contribution in [0.15, 0.2) is 24.3 Å². The molecule has 98 valence electrons. The Labute approximate surface area is 102 Å². The molecule has 1 aliphatic rings. The molecule has 1 saturated heterocycles. The highest BCUT2D eigenvalue weighted by Crippen LogP contribution is 2.23. The minimum atomic E-state index is -3.00. The molecule has 18 heavy (non-hydrogen) atoms. The second-order valence-electron chi connectivity index (χ2n) is 4.00. The molecule has 1 aliphatic heterocycles. The summed E-state index contributed by atoms with van der Waals surface area (Å²) in [7, 11) is 0. The van der Waals surface area contributed by atoms with Crippen LogP contribution in [0.25, 0.3) is 0 Å². The van der Waals surface area contributed by atoms with Crippen molar-refractivity contribution in [2.75, 3.05) is 19.7 Å². The van der Waals surface area contributed by atoms with E-state index < -0.39 is 18.4 Å². The summed E-state index contributed by atoms with van der Waals surface area (Å²) in [5.41, 5.74) is 0.670. The summed E-state index contributed by atoms with van der Waals surface area (Å²) in [6, 6.07) is 5.59. The van der Waals surface area contributed by atoms with Crippen LogP contribution < -0.4 is 0 Å². The van der Waals surface area contributed by atoms with E-state index in [-0.39, 0.29) is 25.5 Å². The maximum absolute atomic E-state index is 12.8. The second-order valence-corrected chi connectivity index (χ2v) is 4.00. The Morgan fingerprint density at radius 3 is 2.61 bits per heavy atom. The number of alkyl halides is 2. The number of rotatable bonds is 2. The molecule has 0 spiro atoms. The summed E-state index contributed by atoms with van der Waals surface area (Å²) >= 11 is 0. The zero-order chi connectivity index (χ0) is 13.1. The van der Waals surface area contributed by atoms with E-state index in [0.29, 0.717) is 5.56 Å². The number of hydrogen-bond acceptors (Lipinski definition) is 2. The van der Waals surface area contributed by atoms with Crippen LogP contribution in [0.5, 0.6) is 0 Å². The van der Waals surface area contributed by atoms with Gasteiger partial charge in [0.25, 0.3) is 5.91 Å². The van der Waals surface area contributed by atoms with Crippen molar-refractivity contribution in [3.63, 3.8) is 0 Å². The van der Waals surface area contributed by atoms with Crippen molar-refractivity contribution in [3.8, 4) is 0 Å². The number of nitrogens with zero attached hydrogens (tertiary/aromatic N) is 1. The van der Waals surface area contributed by atoms with E-state index in [9.17, 15) is 18.0 Å². The van der Waals surface area contributed by atoms with E-state index in [1.54, 1.807) is 0 Å². The fourth-order valence-corrected chi connectivity index (χ4v) is 1.87. The average molecular weight is 259 g/mol. The third kappa shape index (κ3) is 2.81. The molecule has 1 atom stereocenters. The van der Waals surface area contributed by atoms with E-state index in [0.717, 1.165) is 4.90 Å². The average Bonchev–Trinajstić information content (AvgIpc) is 2.38. The molecule has 1 unspecified atom stereocenters. The largest absolute Gasteiger partial charge is 0.370 e. The van der Waals surface area contributed by atoms with Crippen LogP contribution in [0.4, 0.5) is 13.2 Å². The quantitative estimate of drug-likeness (QED) is 0.813. The number of amides is 1. The molecule has 0 radical (unpaired) electrons. The molecule has 0 aromatic heterocycles. The topological polar surface area (TPSA) is 29.5 Å². The lowest BCUT2D eigenvalue weighted by Gasteiger charge is -2.33. The van der Waals surface area contributed by atoms with Crippen LogP contribution in [0.1, 0.15) is 11.7 Å². The van der Waals surface area contributed by atoms with Gasteiger partial charge in [-0.2, -0.15) is 8.78 Å². The van der Waals surface area contributed by atoms with Gasteiger partial charge in [0, 0.05) is 6.54 Å². The SMILES string of the molecule is O=C(C(F)F)N1CCOC(c2ccc(F)cc2)C1. The first-order valence-electron chi connectivity index (χ1n) is 5.52. The van der Waals surface area contributed by atoms with Gasteiger partial charge in [-0.3, -0.25) is 4.79 Å². The monoisotopic (exact) mass is 259 g/mol. The van der Waals surface area contributed by atoms with Crippen molar-refractivity contribution in [2.24, 2.45) is 0 Å². The molecule has 1 heterocycles. The molecule has 6 heteroatoms. The summed E-state index contributed by atoms with van der Waals surface area (Å²) in [4.78, 5) is 12.3. The van der Waals surface area contributed by atoms with Gasteiger partial charge in [0.1, 0.15) is 11.9 Å². The number of carbonyl (C=O) groups is 1. The van der Waals surface area contributed by atoms with E-state index in [4.69, 9.17) is 4.74 Å². The Morgan fingerprint density at radius 2 is 2.00 bits per heavy atom. The zero-order valence-electron chi connectivity index (χ0n) is 9.48. The molecule has 2 rings (SSSR count). The molecule has 0 saturated carbocycles. The third-order valence-corrected chi connectivity index (χ3v) is 2.81. The molecule has 0 bridgehead atoms. The summed E-state index contributed by atoms with van der Waals surface area (Å²) < 4.78 is 42.8. The minimum absolute atomic E-state index is 0.0643. The number of morpholine rings is 1. The van der Waals surface area contributed by atoms with Gasteiger partial charge in [-0.25, -0.2) is 4.39 Å². The molecule has 1 fully saturated rings. The maximum Gasteiger partial charge on any atom is 0.315 e. The fraction of sp³-hybridized carbons (Fsp3) is 0.417. The number of hydrogen-bond donors (Lipinski definition) is 0. The second kappa shape index (κ2) is 5.39. The van der Waals surface area contributed by atoms with Crippen LogP contribution in [0, 0.1) is 5.82 Å². The Morgan fingerprint density at radius 1 is 1.33 bits per heavy atom. The molecule has 1 aromatic rings. The van der Waals surface area contributed by atoms with Gasteiger partial charge in [-0.15, -0.1) is 0 Å². The van der Waals surface area contributed by atoms with Gasteiger partial charge in [0.05, 0.1) is 13.2 Å². The number of halogens is 3. The standard InChI is InChI=1S/C12H12F3NO2/c13-9-3-1-8(2-4-9)10-7-16(5-6-18-10)12(17)11(14)15/h1-4,10-11H,5-7H2. The third-order valence-electron chi connectivity index (χ3n) is 2.81. The van der Waals surface area contributed by atoms with Crippen LogP contribution in [-0.4, -0.2) is 36.9 Å². The predicted molar refractivity (Wildman–Crippen MR) is 57.7 cm³/mol. The van der Waals surface area contributed by atoms with E-state index in [2.05, 4.69) is 0 Å². The molecule has 0 N–H and O–H groups in total. The minimum Gasteiger partial charge on any atom is -0.370 e. The molecule has 1 aromatic carbocycles. The first kappa shape index (κ1) is 12.9. The highest BCUT2D eigenvalue weighted by Gasteiger charge is 2.29. The van der Waals surface area contributed by atoms with Gasteiger partial charge < -0.3 is 9.64 Å². The van der Waals surface area contributed by atoms with Gasteiger partial charge in [0.15, 0.2) is 0 Å². The van der Waals surface area contributed by atoms with Crippen LogP contribution in [-0.2, 0) is 9.53 Å². The van der Waals surface area contributed by atoms with Crippen molar-refractivity contribution >= 4 is 5.91 Å². The molecule has 0 aliphatic carbocycles. The molecular weight excluding hydrogens is 247 g/mol. The highest BCUT2D eigenvalue weighted by molar-refractivity contribution is 5.79. The van der Waals surface area contributed by atoms with Gasteiger partial charge in [0.2, 0.25) is 0 Å². The predicted octanol–water partition coefficient (Wildman–Crippen LogP) is 1.99. The van der Waals surface area contributed by atoms with Crippen LogP contribution >= 0.6 is 0 Å². The Kier molecular flexibility index (Phi) is 3.86. The lowest BCUT2D eigenvalue weighted by Crippen LogP contribution is -2.44. The first-order valence-corrected chi connectivity index (χ1v) is 5.52. The van der Waals surface area contributed by atoms with Gasteiger partial charge in [-0.1, -0.05) is 12.1 Å². The molecule has 1 amide bonds. The molecular formula is C12H12F3NO2. The smallest absolute Gasteiger partial charge is 0.315 e. The van der Waals surface area contributed by atoms with Crippen LogP contribution in [0.3, 0.4) is 0 Å². The summed E-state index contributed by atoms with van der Waals surface area (Å²) in [6.07, 6.45) is -3.49. The van der Waals surface area contributed by atoms with Gasteiger partial charge >= 0.3 is 6.43 Å². The van der Waals surface area contributed by atoms with Crippen molar-refractivity contribution in [2.45, 2.75) is 12.5 Å². The Balaban J connectivity index is 2.07. The Hall–Kier alpha value is -1.56. The first-order chi connectivity index (χ1) is 8.58. The maximum atomic E-state index is 12.8. The summed E-state index contributed by atoms with van der Waals surface area (Å²) in [5, 5.41) is 0. The lowest BCUT2D eigenvalue weighted by molar-refractivity contribution is -0.150. The fourth-order valence-electron chi connectivity index (χ4n) is 1.87. The molecule has 3 nitrogen and oxygen atoms in total. The van der Waals surface area contributed by atoms with E-state index in [1.807, 2.05) is 0 Å². The number of carbonyl (C=O) groups excluding carboxylic acids is 1. The zero-order valence-corrected chi connectivity index (χ0v) is 9.48. The van der Waals surface area contributed by atoms with Crippen molar-refractivity contribution in [1.82, 2.24) is 4.90 Å². The van der Waals surface area contributed by atoms with Crippen molar-refractivity contribution in [1.29, 1.82) is 0 Å². The summed E-state index contributed by atoms with van der Waals surface area (Å²) in [5.74, 6) is -1.57. The van der Waals surface area contributed by atoms with Crippen molar-refractivity contribution in [3.05, 3.63) is 35.6 Å². The Bertz CT molecular complexity index is 422. The number of ether oxygens (including phenoxy) is 1. The van der Waals surface area contributed by atoms with E-state index in [1.165, 1.54) is 24.3 Å². The van der Waals surface area contributed by atoms with Crippen LogP contribution in [0.2, 0.25) is 0 Å². The van der Waals surface area contributed by atoms with Gasteiger partial charge in [-0.05, 0) is 17.7 Å².